The SMILES string of the molecule is CC[SH+](=O)c1c(C)nc(Cl)nc1Nc1cccc(F)c1. The topological polar surface area (TPSA) is 54.9 Å². The van der Waals surface area contributed by atoms with E-state index in [0.29, 0.717) is 27.8 Å². The second-order valence-corrected chi connectivity index (χ2v) is 6.28. The molecular weight excluding hydrogens is 301 g/mol. The summed E-state index contributed by atoms with van der Waals surface area (Å²) in [5.41, 5.74) is 1.08. The van der Waals surface area contributed by atoms with E-state index in [-0.39, 0.29) is 11.1 Å². The van der Waals surface area contributed by atoms with Crippen LogP contribution in [0.3, 0.4) is 0 Å². The van der Waals surface area contributed by atoms with Gasteiger partial charge in [-0.25, -0.2) is 9.37 Å². The zero-order valence-electron chi connectivity index (χ0n) is 11.0. The Hall–Kier alpha value is -1.53. The van der Waals surface area contributed by atoms with Crippen molar-refractivity contribution in [3.63, 3.8) is 0 Å². The van der Waals surface area contributed by atoms with E-state index in [0.717, 1.165) is 0 Å². The fourth-order valence-corrected chi connectivity index (χ4v) is 3.06. The molecular formula is C13H14ClFN3OS+. The molecule has 0 aliphatic heterocycles. The predicted octanol–water partition coefficient (Wildman–Crippen LogP) is 3.40. The van der Waals surface area contributed by atoms with Gasteiger partial charge >= 0.3 is 0 Å². The highest BCUT2D eigenvalue weighted by Gasteiger charge is 2.21. The number of halogens is 2. The van der Waals surface area contributed by atoms with Gasteiger partial charge in [-0.05, 0) is 43.6 Å². The average molecular weight is 315 g/mol. The minimum Gasteiger partial charge on any atom is -0.336 e. The van der Waals surface area contributed by atoms with Crippen molar-refractivity contribution >= 4 is 33.9 Å². The quantitative estimate of drug-likeness (QED) is 0.534. The van der Waals surface area contributed by atoms with Crippen molar-refractivity contribution in [2.45, 2.75) is 18.7 Å². The molecule has 0 bridgehead atoms. The van der Waals surface area contributed by atoms with E-state index in [1.165, 1.54) is 12.1 Å². The highest BCUT2D eigenvalue weighted by atomic mass is 35.5. The van der Waals surface area contributed by atoms with Gasteiger partial charge in [0.2, 0.25) is 10.2 Å². The summed E-state index contributed by atoms with van der Waals surface area (Å²) in [5.74, 6) is 0.461. The van der Waals surface area contributed by atoms with Crippen LogP contribution in [0.15, 0.2) is 29.2 Å². The monoisotopic (exact) mass is 314 g/mol. The number of thiol groups is 1. The molecule has 0 saturated heterocycles. The number of hydrogen-bond acceptors (Lipinski definition) is 4. The Morgan fingerprint density at radius 1 is 1.40 bits per heavy atom. The molecule has 0 saturated carbocycles. The maximum atomic E-state index is 13.2. The maximum Gasteiger partial charge on any atom is 0.224 e. The number of rotatable bonds is 4. The normalized spacial score (nSPS) is 12.2. The predicted molar refractivity (Wildman–Crippen MR) is 79.7 cm³/mol. The Balaban J connectivity index is 2.47. The van der Waals surface area contributed by atoms with E-state index in [1.807, 2.05) is 6.92 Å². The van der Waals surface area contributed by atoms with Crippen LogP contribution in [0.25, 0.3) is 0 Å². The lowest BCUT2D eigenvalue weighted by molar-refractivity contribution is 0.595. The van der Waals surface area contributed by atoms with Crippen LogP contribution in [0.5, 0.6) is 0 Å². The van der Waals surface area contributed by atoms with Crippen molar-refractivity contribution in [1.82, 2.24) is 9.97 Å². The fraction of sp³-hybridized carbons (Fsp3) is 0.231. The van der Waals surface area contributed by atoms with Crippen molar-refractivity contribution in [3.8, 4) is 0 Å². The molecule has 0 amide bonds. The largest absolute Gasteiger partial charge is 0.336 e. The summed E-state index contributed by atoms with van der Waals surface area (Å²) >= 11 is 5.84. The van der Waals surface area contributed by atoms with Crippen molar-refractivity contribution in [2.75, 3.05) is 11.1 Å². The number of aromatic nitrogens is 2. The number of hydrogen-bond donors (Lipinski definition) is 1. The molecule has 0 aliphatic carbocycles. The Morgan fingerprint density at radius 3 is 2.80 bits per heavy atom. The Morgan fingerprint density at radius 2 is 2.15 bits per heavy atom. The van der Waals surface area contributed by atoms with E-state index < -0.39 is 10.8 Å². The minimum absolute atomic E-state index is 0.0599. The zero-order chi connectivity index (χ0) is 14.7. The molecule has 0 fully saturated rings. The average Bonchev–Trinajstić information content (AvgIpc) is 2.37. The smallest absolute Gasteiger partial charge is 0.224 e. The zero-order valence-corrected chi connectivity index (χ0v) is 12.7. The fourth-order valence-electron chi connectivity index (χ4n) is 1.78. The van der Waals surface area contributed by atoms with Gasteiger partial charge in [0.05, 0.1) is 5.69 Å². The summed E-state index contributed by atoms with van der Waals surface area (Å²) < 4.78 is 25.3. The number of nitrogens with zero attached hydrogens (tertiary/aromatic N) is 2. The molecule has 1 aromatic heterocycles. The summed E-state index contributed by atoms with van der Waals surface area (Å²) in [6.45, 7) is 3.54. The lowest BCUT2D eigenvalue weighted by Crippen LogP contribution is -2.07. The van der Waals surface area contributed by atoms with Crippen LogP contribution in [0, 0.1) is 12.7 Å². The summed E-state index contributed by atoms with van der Waals surface area (Å²) in [4.78, 5) is 8.61. The number of nitrogens with one attached hydrogen (secondary N) is 1. The first-order valence-corrected chi connectivity index (χ1v) is 7.85. The van der Waals surface area contributed by atoms with Crippen LogP contribution < -0.4 is 5.32 Å². The Labute approximate surface area is 123 Å². The first-order valence-electron chi connectivity index (χ1n) is 6.02. The Bertz CT molecular complexity index is 666. The van der Waals surface area contributed by atoms with E-state index in [4.69, 9.17) is 11.6 Å². The van der Waals surface area contributed by atoms with Gasteiger partial charge in [-0.2, -0.15) is 4.98 Å². The van der Waals surface area contributed by atoms with E-state index >= 15 is 0 Å². The van der Waals surface area contributed by atoms with Crippen molar-refractivity contribution in [2.24, 2.45) is 0 Å². The third kappa shape index (κ3) is 3.32. The third-order valence-electron chi connectivity index (χ3n) is 2.66. The molecule has 0 radical (unpaired) electrons. The van der Waals surface area contributed by atoms with Gasteiger partial charge in [0.15, 0.2) is 5.82 Å². The highest BCUT2D eigenvalue weighted by Crippen LogP contribution is 2.26. The molecule has 20 heavy (non-hydrogen) atoms. The Kier molecular flexibility index (Phi) is 4.67. The lowest BCUT2D eigenvalue weighted by atomic mass is 10.3. The van der Waals surface area contributed by atoms with Gasteiger partial charge in [0.25, 0.3) is 0 Å². The van der Waals surface area contributed by atoms with E-state index in [1.54, 1.807) is 19.1 Å². The number of anilines is 2. The molecule has 2 rings (SSSR count). The van der Waals surface area contributed by atoms with Crippen LogP contribution in [0.4, 0.5) is 15.9 Å². The van der Waals surface area contributed by atoms with Crippen LogP contribution in [-0.2, 0) is 15.0 Å². The van der Waals surface area contributed by atoms with Crippen LogP contribution in [0.1, 0.15) is 12.6 Å². The molecule has 1 unspecified atom stereocenters. The van der Waals surface area contributed by atoms with Crippen molar-refractivity contribution in [1.29, 1.82) is 0 Å². The van der Waals surface area contributed by atoms with Gasteiger partial charge in [0.1, 0.15) is 22.4 Å². The van der Waals surface area contributed by atoms with Gasteiger partial charge in [0, 0.05) is 5.69 Å². The van der Waals surface area contributed by atoms with E-state index in [2.05, 4.69) is 15.3 Å². The third-order valence-corrected chi connectivity index (χ3v) is 4.43. The lowest BCUT2D eigenvalue weighted by Gasteiger charge is -2.09. The second-order valence-electron chi connectivity index (χ2n) is 4.11. The molecule has 7 heteroatoms. The standard InChI is InChI=1S/C13H13ClFN3OS/c1-3-20(19)11-8(2)16-13(14)18-12(11)17-10-6-4-5-9(15)7-10/h4-7H,3H2,1-2H3,(H,16,17,18)/p+1. The summed E-state index contributed by atoms with van der Waals surface area (Å²) in [6.07, 6.45) is 0. The highest BCUT2D eigenvalue weighted by molar-refractivity contribution is 7.85. The van der Waals surface area contributed by atoms with Crippen molar-refractivity contribution in [3.05, 3.63) is 41.1 Å². The molecule has 0 aliphatic rings. The van der Waals surface area contributed by atoms with Crippen LogP contribution >= 0.6 is 11.6 Å². The summed E-state index contributed by atoms with van der Waals surface area (Å²) in [7, 11) is -1.62. The molecule has 106 valence electrons. The van der Waals surface area contributed by atoms with Crippen LogP contribution in [0.2, 0.25) is 5.28 Å². The van der Waals surface area contributed by atoms with Crippen LogP contribution in [-0.4, -0.2) is 15.7 Å². The minimum atomic E-state index is -1.62. The van der Waals surface area contributed by atoms with Gasteiger partial charge in [-0.1, -0.05) is 6.07 Å². The first kappa shape index (κ1) is 14.9. The molecule has 1 heterocycles. The van der Waals surface area contributed by atoms with Gasteiger partial charge in [-0.15, -0.1) is 4.21 Å². The van der Waals surface area contributed by atoms with E-state index in [9.17, 15) is 8.60 Å². The second kappa shape index (κ2) is 6.28. The van der Waals surface area contributed by atoms with Gasteiger partial charge < -0.3 is 5.32 Å². The number of benzene rings is 1. The molecule has 1 N–H and O–H groups in total. The molecule has 1 aromatic carbocycles. The number of aryl methyl sites for hydroxylation is 1. The first-order chi connectivity index (χ1) is 9.51. The molecule has 2 aromatic rings. The van der Waals surface area contributed by atoms with Crippen molar-refractivity contribution < 1.29 is 8.60 Å². The van der Waals surface area contributed by atoms with Gasteiger partial charge in [-0.3, -0.25) is 0 Å². The summed E-state index contributed by atoms with van der Waals surface area (Å²) in [5, 5.41) is 3.01. The summed E-state index contributed by atoms with van der Waals surface area (Å²) in [6, 6.07) is 5.94. The molecule has 1 atom stereocenters. The maximum absolute atomic E-state index is 13.2. The molecule has 0 spiro atoms. The molecule has 4 nitrogen and oxygen atoms in total.